The maximum absolute atomic E-state index is 12.9. The molecule has 0 saturated carbocycles. The first-order valence-electron chi connectivity index (χ1n) is 10.0. The smallest absolute Gasteiger partial charge is 0.248 e. The van der Waals surface area contributed by atoms with Crippen molar-refractivity contribution in [3.63, 3.8) is 0 Å². The molecule has 0 aliphatic carbocycles. The van der Waals surface area contributed by atoms with Gasteiger partial charge in [-0.15, -0.1) is 0 Å². The van der Waals surface area contributed by atoms with Gasteiger partial charge in [0.2, 0.25) is 17.7 Å². The Bertz CT molecular complexity index is 711. The van der Waals surface area contributed by atoms with Gasteiger partial charge in [-0.3, -0.25) is 14.4 Å². The molecule has 0 unspecified atom stereocenters. The van der Waals surface area contributed by atoms with Crippen molar-refractivity contribution in [1.29, 1.82) is 0 Å². The molecule has 0 bridgehead atoms. The minimum atomic E-state index is -0.116. The van der Waals surface area contributed by atoms with Gasteiger partial charge in [-0.1, -0.05) is 17.7 Å². The molecule has 2 saturated heterocycles. The number of aryl methyl sites for hydroxylation is 1. The Hall–Kier alpha value is -2.41. The molecule has 3 amide bonds. The summed E-state index contributed by atoms with van der Waals surface area (Å²) in [5, 5.41) is 0. The fourth-order valence-electron chi connectivity index (χ4n) is 3.77. The SMILES string of the molecule is CCOCC(=O)N1CCC(C(=O)N2CCN(c3ccc(C)cc3)C(=O)C2)CC1. The molecule has 2 aliphatic heterocycles. The Labute approximate surface area is 166 Å². The Balaban J connectivity index is 1.50. The van der Waals surface area contributed by atoms with Gasteiger partial charge < -0.3 is 19.4 Å². The van der Waals surface area contributed by atoms with Gasteiger partial charge >= 0.3 is 0 Å². The average molecular weight is 387 g/mol. The summed E-state index contributed by atoms with van der Waals surface area (Å²) in [6.45, 7) is 6.81. The highest BCUT2D eigenvalue weighted by molar-refractivity contribution is 5.98. The Morgan fingerprint density at radius 2 is 1.71 bits per heavy atom. The predicted molar refractivity (Wildman–Crippen MR) is 106 cm³/mol. The number of nitrogens with zero attached hydrogens (tertiary/aromatic N) is 3. The van der Waals surface area contributed by atoms with Crippen LogP contribution >= 0.6 is 0 Å². The Morgan fingerprint density at radius 1 is 1.04 bits per heavy atom. The van der Waals surface area contributed by atoms with E-state index in [9.17, 15) is 14.4 Å². The van der Waals surface area contributed by atoms with Gasteiger partial charge in [0.05, 0.1) is 0 Å². The molecule has 3 rings (SSSR count). The number of benzene rings is 1. The van der Waals surface area contributed by atoms with Crippen LogP contribution in [0.1, 0.15) is 25.3 Å². The van der Waals surface area contributed by atoms with Crippen molar-refractivity contribution in [2.75, 3.05) is 50.8 Å². The third-order valence-electron chi connectivity index (χ3n) is 5.50. The van der Waals surface area contributed by atoms with Crippen LogP contribution in [0, 0.1) is 12.8 Å². The van der Waals surface area contributed by atoms with E-state index < -0.39 is 0 Å². The lowest BCUT2D eigenvalue weighted by atomic mass is 9.95. The van der Waals surface area contributed by atoms with Crippen LogP contribution in [-0.2, 0) is 19.1 Å². The maximum atomic E-state index is 12.9. The van der Waals surface area contributed by atoms with Gasteiger partial charge in [0.25, 0.3) is 0 Å². The van der Waals surface area contributed by atoms with Crippen LogP contribution in [0.4, 0.5) is 5.69 Å². The molecule has 2 fully saturated rings. The molecule has 1 aromatic rings. The van der Waals surface area contributed by atoms with Crippen molar-refractivity contribution in [3.05, 3.63) is 29.8 Å². The van der Waals surface area contributed by atoms with Crippen molar-refractivity contribution in [2.45, 2.75) is 26.7 Å². The molecule has 28 heavy (non-hydrogen) atoms. The van der Waals surface area contributed by atoms with Gasteiger partial charge in [0.15, 0.2) is 0 Å². The lowest BCUT2D eigenvalue weighted by Gasteiger charge is -2.38. The topological polar surface area (TPSA) is 70.2 Å². The van der Waals surface area contributed by atoms with Crippen molar-refractivity contribution < 1.29 is 19.1 Å². The molecule has 0 radical (unpaired) electrons. The number of hydrogen-bond acceptors (Lipinski definition) is 4. The zero-order valence-electron chi connectivity index (χ0n) is 16.7. The largest absolute Gasteiger partial charge is 0.372 e. The van der Waals surface area contributed by atoms with Crippen LogP contribution in [0.25, 0.3) is 0 Å². The van der Waals surface area contributed by atoms with E-state index in [0.29, 0.717) is 45.6 Å². The van der Waals surface area contributed by atoms with Gasteiger partial charge in [-0.05, 0) is 38.8 Å². The van der Waals surface area contributed by atoms with Crippen LogP contribution in [0.3, 0.4) is 0 Å². The molecule has 0 aromatic heterocycles. The Morgan fingerprint density at radius 3 is 2.32 bits per heavy atom. The number of piperidine rings is 1. The summed E-state index contributed by atoms with van der Waals surface area (Å²) in [7, 11) is 0. The van der Waals surface area contributed by atoms with Crippen LogP contribution < -0.4 is 4.90 Å². The molecule has 7 heteroatoms. The molecular formula is C21H29N3O4. The van der Waals surface area contributed by atoms with E-state index >= 15 is 0 Å². The number of rotatable bonds is 5. The van der Waals surface area contributed by atoms with E-state index in [1.165, 1.54) is 0 Å². The highest BCUT2D eigenvalue weighted by atomic mass is 16.5. The predicted octanol–water partition coefficient (Wildman–Crippen LogP) is 1.45. The number of carbonyl (C=O) groups excluding carboxylic acids is 3. The van der Waals surface area contributed by atoms with Crippen molar-refractivity contribution in [1.82, 2.24) is 9.80 Å². The van der Waals surface area contributed by atoms with E-state index in [0.717, 1.165) is 11.3 Å². The molecule has 2 heterocycles. The van der Waals surface area contributed by atoms with Crippen molar-refractivity contribution in [3.8, 4) is 0 Å². The average Bonchev–Trinajstić information content (AvgIpc) is 2.72. The van der Waals surface area contributed by atoms with E-state index in [1.54, 1.807) is 14.7 Å². The fraction of sp³-hybridized carbons (Fsp3) is 0.571. The monoisotopic (exact) mass is 387 g/mol. The molecule has 0 N–H and O–H groups in total. The van der Waals surface area contributed by atoms with E-state index in [1.807, 2.05) is 38.1 Å². The summed E-state index contributed by atoms with van der Waals surface area (Å²) in [6, 6.07) is 7.86. The number of carbonyl (C=O) groups is 3. The lowest BCUT2D eigenvalue weighted by Crippen LogP contribution is -2.54. The molecule has 1 aromatic carbocycles. The highest BCUT2D eigenvalue weighted by Crippen LogP contribution is 2.23. The summed E-state index contributed by atoms with van der Waals surface area (Å²) >= 11 is 0. The second kappa shape index (κ2) is 9.19. The molecule has 7 nitrogen and oxygen atoms in total. The quantitative estimate of drug-likeness (QED) is 0.767. The molecule has 2 aliphatic rings. The number of anilines is 1. The van der Waals surface area contributed by atoms with E-state index in [4.69, 9.17) is 4.74 Å². The van der Waals surface area contributed by atoms with Crippen molar-refractivity contribution >= 4 is 23.4 Å². The number of likely N-dealkylation sites (tertiary alicyclic amines) is 1. The lowest BCUT2D eigenvalue weighted by molar-refractivity contribution is -0.144. The van der Waals surface area contributed by atoms with E-state index in [-0.39, 0.29) is 36.8 Å². The summed E-state index contributed by atoms with van der Waals surface area (Å²) in [5.74, 6) is -0.147. The van der Waals surface area contributed by atoms with Gasteiger partial charge in [0.1, 0.15) is 13.2 Å². The zero-order valence-corrected chi connectivity index (χ0v) is 16.7. The first kappa shape index (κ1) is 20.3. The molecular weight excluding hydrogens is 358 g/mol. The number of ether oxygens (including phenoxy) is 1. The first-order chi connectivity index (χ1) is 13.5. The summed E-state index contributed by atoms with van der Waals surface area (Å²) < 4.78 is 5.17. The van der Waals surface area contributed by atoms with Crippen LogP contribution in [-0.4, -0.2) is 73.5 Å². The summed E-state index contributed by atoms with van der Waals surface area (Å²) in [4.78, 5) is 42.7. The molecule has 0 atom stereocenters. The third kappa shape index (κ3) is 4.70. The third-order valence-corrected chi connectivity index (χ3v) is 5.50. The summed E-state index contributed by atoms with van der Waals surface area (Å²) in [6.07, 6.45) is 1.28. The zero-order chi connectivity index (χ0) is 20.1. The second-order valence-corrected chi connectivity index (χ2v) is 7.43. The number of piperazine rings is 1. The number of hydrogen-bond donors (Lipinski definition) is 0. The highest BCUT2D eigenvalue weighted by Gasteiger charge is 2.34. The van der Waals surface area contributed by atoms with Gasteiger partial charge in [-0.25, -0.2) is 0 Å². The minimum Gasteiger partial charge on any atom is -0.372 e. The van der Waals surface area contributed by atoms with Crippen molar-refractivity contribution in [2.24, 2.45) is 5.92 Å². The second-order valence-electron chi connectivity index (χ2n) is 7.43. The van der Waals surface area contributed by atoms with Gasteiger partial charge in [-0.2, -0.15) is 0 Å². The standard InChI is InChI=1S/C21H29N3O4/c1-3-28-15-20(26)22-10-8-17(9-11-22)21(27)23-12-13-24(19(25)14-23)18-6-4-16(2)5-7-18/h4-7,17H,3,8-15H2,1-2H3. The normalized spacial score (nSPS) is 18.5. The fourth-order valence-corrected chi connectivity index (χ4v) is 3.77. The first-order valence-corrected chi connectivity index (χ1v) is 10.0. The maximum Gasteiger partial charge on any atom is 0.248 e. The number of amides is 3. The van der Waals surface area contributed by atoms with Crippen LogP contribution in [0.2, 0.25) is 0 Å². The van der Waals surface area contributed by atoms with Crippen LogP contribution in [0.5, 0.6) is 0 Å². The van der Waals surface area contributed by atoms with E-state index in [2.05, 4.69) is 0 Å². The van der Waals surface area contributed by atoms with Gasteiger partial charge in [0, 0.05) is 44.4 Å². The summed E-state index contributed by atoms with van der Waals surface area (Å²) in [5.41, 5.74) is 2.03. The minimum absolute atomic E-state index is 0.0189. The van der Waals surface area contributed by atoms with Crippen LogP contribution in [0.15, 0.2) is 24.3 Å². The molecule has 152 valence electrons. The molecule has 0 spiro atoms. The Kier molecular flexibility index (Phi) is 6.67.